The number of alkyl halides is 1. The third kappa shape index (κ3) is 1.95. The number of hydrogen-bond donors (Lipinski definition) is 1. The molecule has 0 aliphatic carbocycles. The van der Waals surface area contributed by atoms with Gasteiger partial charge < -0.3 is 10.0 Å². The highest BCUT2D eigenvalue weighted by atomic mass is 19.1. The lowest BCUT2D eigenvalue weighted by atomic mass is 10.2. The van der Waals surface area contributed by atoms with Crippen LogP contribution in [0.15, 0.2) is 12.4 Å². The van der Waals surface area contributed by atoms with E-state index in [4.69, 9.17) is 10.4 Å². The average molecular weight is 222 g/mol. The van der Waals surface area contributed by atoms with Crippen LogP contribution in [0.1, 0.15) is 12.1 Å². The number of rotatable bonds is 2. The minimum atomic E-state index is -0.949. The summed E-state index contributed by atoms with van der Waals surface area (Å²) in [5, 5.41) is 17.7. The van der Waals surface area contributed by atoms with Crippen molar-refractivity contribution in [3.8, 4) is 6.07 Å². The number of halogens is 1. The average Bonchev–Trinajstić information content (AvgIpc) is 2.70. The van der Waals surface area contributed by atoms with Crippen LogP contribution in [0.2, 0.25) is 0 Å². The summed E-state index contributed by atoms with van der Waals surface area (Å²) < 4.78 is 13.2. The van der Waals surface area contributed by atoms with Crippen molar-refractivity contribution in [2.45, 2.75) is 18.6 Å². The molecular weight excluding hydrogens is 211 g/mol. The van der Waals surface area contributed by atoms with Gasteiger partial charge in [0.2, 0.25) is 0 Å². The summed E-state index contributed by atoms with van der Waals surface area (Å²) in [6.45, 7) is 0.105. The summed E-state index contributed by atoms with van der Waals surface area (Å²) in [5.74, 6) is 0.498. The lowest BCUT2D eigenvalue weighted by molar-refractivity contribution is 0.255. The molecule has 0 saturated carbocycles. The van der Waals surface area contributed by atoms with E-state index in [0.29, 0.717) is 12.2 Å². The van der Waals surface area contributed by atoms with Crippen molar-refractivity contribution in [1.82, 2.24) is 9.97 Å². The Labute approximate surface area is 92.2 Å². The van der Waals surface area contributed by atoms with E-state index in [2.05, 4.69) is 9.97 Å². The minimum Gasteiger partial charge on any atom is -0.394 e. The van der Waals surface area contributed by atoms with Gasteiger partial charge in [-0.2, -0.15) is 5.26 Å². The molecule has 0 aromatic carbocycles. The van der Waals surface area contributed by atoms with Crippen LogP contribution >= 0.6 is 0 Å². The molecule has 0 radical (unpaired) electrons. The molecule has 1 aliphatic rings. The molecule has 2 atom stereocenters. The first-order chi connectivity index (χ1) is 7.74. The predicted octanol–water partition coefficient (Wildman–Crippen LogP) is 0.257. The zero-order valence-corrected chi connectivity index (χ0v) is 8.54. The Bertz CT molecular complexity index is 402. The lowest BCUT2D eigenvalue weighted by Crippen LogP contribution is -2.33. The highest BCUT2D eigenvalue weighted by Gasteiger charge is 2.32. The van der Waals surface area contributed by atoms with Crippen LogP contribution < -0.4 is 4.90 Å². The van der Waals surface area contributed by atoms with E-state index in [0.717, 1.165) is 0 Å². The molecule has 5 nitrogen and oxygen atoms in total. The van der Waals surface area contributed by atoms with Gasteiger partial charge in [0.05, 0.1) is 31.6 Å². The molecule has 1 fully saturated rings. The number of hydrogen-bond acceptors (Lipinski definition) is 5. The summed E-state index contributed by atoms with van der Waals surface area (Å²) in [6, 6.07) is 1.61. The zero-order chi connectivity index (χ0) is 11.5. The van der Waals surface area contributed by atoms with Gasteiger partial charge in [-0.3, -0.25) is 0 Å². The van der Waals surface area contributed by atoms with Gasteiger partial charge in [0.15, 0.2) is 5.69 Å². The number of nitriles is 1. The maximum Gasteiger partial charge on any atom is 0.158 e. The second-order valence-corrected chi connectivity index (χ2v) is 3.69. The molecule has 1 aromatic heterocycles. The second kappa shape index (κ2) is 4.41. The molecule has 2 rings (SSSR count). The Morgan fingerprint density at radius 3 is 2.94 bits per heavy atom. The molecule has 1 aromatic rings. The first-order valence-corrected chi connectivity index (χ1v) is 4.98. The largest absolute Gasteiger partial charge is 0.394 e. The van der Waals surface area contributed by atoms with Crippen molar-refractivity contribution in [3.05, 3.63) is 18.1 Å². The first-order valence-electron chi connectivity index (χ1n) is 4.98. The van der Waals surface area contributed by atoms with Crippen molar-refractivity contribution in [1.29, 1.82) is 5.26 Å². The highest BCUT2D eigenvalue weighted by molar-refractivity contribution is 5.40. The third-order valence-electron chi connectivity index (χ3n) is 2.62. The number of aromatic nitrogens is 2. The summed E-state index contributed by atoms with van der Waals surface area (Å²) in [6.07, 6.45) is 2.13. The molecule has 0 unspecified atom stereocenters. The van der Waals surface area contributed by atoms with Gasteiger partial charge in [-0.25, -0.2) is 14.4 Å². The third-order valence-corrected chi connectivity index (χ3v) is 2.62. The Balaban J connectivity index is 2.20. The van der Waals surface area contributed by atoms with Gasteiger partial charge >= 0.3 is 0 Å². The molecule has 6 heteroatoms. The quantitative estimate of drug-likeness (QED) is 0.776. The van der Waals surface area contributed by atoms with Crippen molar-refractivity contribution in [2.75, 3.05) is 18.1 Å². The monoisotopic (exact) mass is 222 g/mol. The van der Waals surface area contributed by atoms with E-state index in [1.807, 2.05) is 6.07 Å². The van der Waals surface area contributed by atoms with Crippen LogP contribution in [-0.2, 0) is 0 Å². The van der Waals surface area contributed by atoms with Crippen molar-refractivity contribution < 1.29 is 9.50 Å². The number of anilines is 1. The summed E-state index contributed by atoms with van der Waals surface area (Å²) >= 11 is 0. The van der Waals surface area contributed by atoms with Gasteiger partial charge in [0.1, 0.15) is 18.1 Å². The van der Waals surface area contributed by atoms with Crippen LogP contribution in [-0.4, -0.2) is 40.4 Å². The number of aliphatic hydroxyl groups is 1. The molecule has 16 heavy (non-hydrogen) atoms. The Morgan fingerprint density at radius 1 is 1.56 bits per heavy atom. The lowest BCUT2D eigenvalue weighted by Gasteiger charge is -2.22. The Hall–Kier alpha value is -1.74. The second-order valence-electron chi connectivity index (χ2n) is 3.69. The molecule has 0 bridgehead atoms. The topological polar surface area (TPSA) is 73.0 Å². The predicted molar refractivity (Wildman–Crippen MR) is 54.5 cm³/mol. The maximum absolute atomic E-state index is 13.2. The van der Waals surface area contributed by atoms with Crippen LogP contribution in [0.4, 0.5) is 10.2 Å². The summed E-state index contributed by atoms with van der Waals surface area (Å²) in [4.78, 5) is 9.57. The van der Waals surface area contributed by atoms with Gasteiger partial charge in [-0.05, 0) is 0 Å². The van der Waals surface area contributed by atoms with E-state index in [1.165, 1.54) is 12.4 Å². The van der Waals surface area contributed by atoms with Crippen molar-refractivity contribution >= 4 is 5.82 Å². The van der Waals surface area contributed by atoms with Gasteiger partial charge in [0, 0.05) is 6.42 Å². The Morgan fingerprint density at radius 2 is 2.38 bits per heavy atom. The smallest absolute Gasteiger partial charge is 0.158 e. The fourth-order valence-electron chi connectivity index (χ4n) is 1.84. The van der Waals surface area contributed by atoms with E-state index in [9.17, 15) is 4.39 Å². The van der Waals surface area contributed by atoms with Crippen LogP contribution in [0.5, 0.6) is 0 Å². The molecule has 2 heterocycles. The summed E-state index contributed by atoms with van der Waals surface area (Å²) in [5.41, 5.74) is 0.222. The Kier molecular flexibility index (Phi) is 2.97. The fraction of sp³-hybridized carbons (Fsp3) is 0.500. The first kappa shape index (κ1) is 10.8. The van der Waals surface area contributed by atoms with E-state index < -0.39 is 6.17 Å². The van der Waals surface area contributed by atoms with Gasteiger partial charge in [0.25, 0.3) is 0 Å². The van der Waals surface area contributed by atoms with Crippen LogP contribution in [0.3, 0.4) is 0 Å². The van der Waals surface area contributed by atoms with E-state index in [-0.39, 0.29) is 24.9 Å². The molecule has 1 N–H and O–H groups in total. The van der Waals surface area contributed by atoms with Crippen molar-refractivity contribution in [3.63, 3.8) is 0 Å². The standard InChI is InChI=1S/C10H11FN4O/c11-7-1-9(6-16)15(5-7)10-4-13-8(2-12)3-14-10/h3-4,7,9,16H,1,5-6H2/t7-,9-/m0/s1. The molecule has 84 valence electrons. The molecule has 1 saturated heterocycles. The minimum absolute atomic E-state index is 0.109. The molecule has 1 aliphatic heterocycles. The van der Waals surface area contributed by atoms with Gasteiger partial charge in [-0.1, -0.05) is 0 Å². The zero-order valence-electron chi connectivity index (χ0n) is 8.54. The van der Waals surface area contributed by atoms with Crippen LogP contribution in [0.25, 0.3) is 0 Å². The molecular formula is C10H11FN4O. The SMILES string of the molecule is N#Cc1cnc(N2C[C@@H](F)C[C@H]2CO)cn1. The number of nitrogens with zero attached hydrogens (tertiary/aromatic N) is 4. The van der Waals surface area contributed by atoms with E-state index in [1.54, 1.807) is 4.90 Å². The normalized spacial score (nSPS) is 24.4. The fourth-order valence-corrected chi connectivity index (χ4v) is 1.84. The molecule has 0 spiro atoms. The van der Waals surface area contributed by atoms with Crippen molar-refractivity contribution in [2.24, 2.45) is 0 Å². The molecule has 0 amide bonds. The van der Waals surface area contributed by atoms with Gasteiger partial charge in [-0.15, -0.1) is 0 Å². The maximum atomic E-state index is 13.2. The van der Waals surface area contributed by atoms with E-state index >= 15 is 0 Å². The summed E-state index contributed by atoms with van der Waals surface area (Å²) in [7, 11) is 0. The van der Waals surface area contributed by atoms with Crippen LogP contribution in [0, 0.1) is 11.3 Å². The highest BCUT2D eigenvalue weighted by Crippen LogP contribution is 2.24. The number of aliphatic hydroxyl groups excluding tert-OH is 1.